The number of hydrogen-bond acceptors (Lipinski definition) is 6. The summed E-state index contributed by atoms with van der Waals surface area (Å²) in [6.07, 6.45) is 1.06. The Balaban J connectivity index is 1.52. The number of carbonyl (C=O) groups is 5. The number of fused-ring (bicyclic) bond motifs is 1. The molecule has 0 spiro atoms. The Labute approximate surface area is 285 Å². The minimum absolute atomic E-state index is 0.0978. The SMILES string of the molecule is CC(=O)N[C@H](C(=O)NCCC[C@H](NC(=O)c1c[nH]c2ccccc12)C(=O)N[C@@H](Cc1ccccc1)C(=O)N(C)Cc1ccccc1)[C@@H](C)O. The van der Waals surface area contributed by atoms with Gasteiger partial charge >= 0.3 is 0 Å². The van der Waals surface area contributed by atoms with Gasteiger partial charge in [-0.1, -0.05) is 78.9 Å². The van der Waals surface area contributed by atoms with E-state index in [-0.39, 0.29) is 31.7 Å². The highest BCUT2D eigenvalue weighted by Crippen LogP contribution is 2.18. The highest BCUT2D eigenvalue weighted by atomic mass is 16.3. The van der Waals surface area contributed by atoms with Crippen molar-refractivity contribution in [1.29, 1.82) is 0 Å². The maximum Gasteiger partial charge on any atom is 0.254 e. The fraction of sp³-hybridized carbons (Fsp3) is 0.324. The molecule has 0 unspecified atom stereocenters. The van der Waals surface area contributed by atoms with Gasteiger partial charge < -0.3 is 36.3 Å². The van der Waals surface area contributed by atoms with E-state index in [1.54, 1.807) is 24.2 Å². The van der Waals surface area contributed by atoms with Crippen molar-refractivity contribution >= 4 is 40.4 Å². The Kier molecular flexibility index (Phi) is 13.1. The molecule has 3 aromatic carbocycles. The van der Waals surface area contributed by atoms with Gasteiger partial charge in [-0.2, -0.15) is 0 Å². The molecule has 12 nitrogen and oxygen atoms in total. The van der Waals surface area contributed by atoms with Crippen molar-refractivity contribution < 1.29 is 29.1 Å². The summed E-state index contributed by atoms with van der Waals surface area (Å²) in [7, 11) is 1.68. The Bertz CT molecular complexity index is 1730. The lowest BCUT2D eigenvalue weighted by Crippen LogP contribution is -2.55. The average molecular weight is 669 g/mol. The van der Waals surface area contributed by atoms with Gasteiger partial charge in [0.05, 0.1) is 11.7 Å². The Hall–Kier alpha value is -5.49. The number of amides is 5. The monoisotopic (exact) mass is 668 g/mol. The van der Waals surface area contributed by atoms with Gasteiger partial charge in [0.25, 0.3) is 5.91 Å². The number of nitrogens with zero attached hydrogens (tertiary/aromatic N) is 1. The summed E-state index contributed by atoms with van der Waals surface area (Å²) in [6.45, 7) is 3.08. The van der Waals surface area contributed by atoms with E-state index in [0.29, 0.717) is 17.5 Å². The van der Waals surface area contributed by atoms with Crippen molar-refractivity contribution in [2.24, 2.45) is 0 Å². The van der Waals surface area contributed by atoms with Crippen LogP contribution in [0.15, 0.2) is 91.1 Å². The third-order valence-electron chi connectivity index (χ3n) is 8.08. The highest BCUT2D eigenvalue weighted by Gasteiger charge is 2.30. The lowest BCUT2D eigenvalue weighted by Gasteiger charge is -2.27. The molecule has 5 amide bonds. The molecular formula is C37H44N6O6. The first-order chi connectivity index (χ1) is 23.5. The van der Waals surface area contributed by atoms with E-state index in [0.717, 1.165) is 16.6 Å². The van der Waals surface area contributed by atoms with Gasteiger partial charge in [-0.05, 0) is 37.0 Å². The Morgan fingerprint density at radius 3 is 2.08 bits per heavy atom. The van der Waals surface area contributed by atoms with Crippen LogP contribution in [0.4, 0.5) is 0 Å². The number of rotatable bonds is 16. The second kappa shape index (κ2) is 17.6. The summed E-state index contributed by atoms with van der Waals surface area (Å²) in [5.41, 5.74) is 2.91. The molecule has 0 saturated heterocycles. The van der Waals surface area contributed by atoms with Gasteiger partial charge in [0, 0.05) is 50.6 Å². The number of nitrogens with one attached hydrogen (secondary N) is 5. The molecule has 0 aliphatic carbocycles. The van der Waals surface area contributed by atoms with E-state index in [4.69, 9.17) is 0 Å². The fourth-order valence-electron chi connectivity index (χ4n) is 5.54. The molecule has 4 atom stereocenters. The van der Waals surface area contributed by atoms with E-state index in [1.165, 1.54) is 13.8 Å². The van der Waals surface area contributed by atoms with Crippen LogP contribution in [0.5, 0.6) is 0 Å². The van der Waals surface area contributed by atoms with Gasteiger partial charge in [0.1, 0.15) is 18.1 Å². The molecule has 1 aromatic heterocycles. The maximum absolute atomic E-state index is 14.0. The minimum atomic E-state index is -1.14. The fourth-order valence-corrected chi connectivity index (χ4v) is 5.54. The molecular weight excluding hydrogens is 624 g/mol. The first-order valence-electron chi connectivity index (χ1n) is 16.3. The number of hydrogen-bond donors (Lipinski definition) is 6. The van der Waals surface area contributed by atoms with Gasteiger partial charge in [0.2, 0.25) is 23.6 Å². The van der Waals surface area contributed by atoms with Crippen LogP contribution in [0, 0.1) is 0 Å². The number of aromatic nitrogens is 1. The molecule has 258 valence electrons. The van der Waals surface area contributed by atoms with Gasteiger partial charge in [-0.15, -0.1) is 0 Å². The van der Waals surface area contributed by atoms with E-state index in [2.05, 4.69) is 26.3 Å². The molecule has 0 aliphatic heterocycles. The number of H-pyrrole nitrogens is 1. The lowest BCUT2D eigenvalue weighted by molar-refractivity contribution is -0.136. The van der Waals surface area contributed by atoms with Crippen LogP contribution < -0.4 is 21.3 Å². The molecule has 0 fully saturated rings. The molecule has 6 N–H and O–H groups in total. The summed E-state index contributed by atoms with van der Waals surface area (Å²) in [4.78, 5) is 70.1. The van der Waals surface area contributed by atoms with Crippen LogP contribution in [-0.4, -0.2) is 82.3 Å². The maximum atomic E-state index is 14.0. The number of aliphatic hydroxyl groups is 1. The molecule has 4 rings (SSSR count). The molecule has 1 heterocycles. The van der Waals surface area contributed by atoms with Crippen molar-refractivity contribution in [1.82, 2.24) is 31.2 Å². The third-order valence-corrected chi connectivity index (χ3v) is 8.08. The molecule has 0 radical (unpaired) electrons. The summed E-state index contributed by atoms with van der Waals surface area (Å²) in [6, 6.07) is 23.0. The zero-order chi connectivity index (χ0) is 35.3. The number of likely N-dealkylation sites (N-methyl/N-ethyl adjacent to an activating group) is 1. The van der Waals surface area contributed by atoms with Gasteiger partial charge in [-0.25, -0.2) is 0 Å². The number of carbonyl (C=O) groups excluding carboxylic acids is 5. The number of aromatic amines is 1. The zero-order valence-corrected chi connectivity index (χ0v) is 27.9. The van der Waals surface area contributed by atoms with Crippen molar-refractivity contribution in [2.45, 2.75) is 63.9 Å². The van der Waals surface area contributed by atoms with Crippen molar-refractivity contribution in [2.75, 3.05) is 13.6 Å². The lowest BCUT2D eigenvalue weighted by atomic mass is 10.0. The molecule has 0 aliphatic rings. The van der Waals surface area contributed by atoms with Crippen molar-refractivity contribution in [3.05, 3.63) is 108 Å². The highest BCUT2D eigenvalue weighted by molar-refractivity contribution is 6.08. The minimum Gasteiger partial charge on any atom is -0.391 e. The molecule has 12 heteroatoms. The number of para-hydroxylation sites is 1. The van der Waals surface area contributed by atoms with E-state index < -0.39 is 47.9 Å². The predicted octanol–water partition coefficient (Wildman–Crippen LogP) is 2.43. The van der Waals surface area contributed by atoms with Crippen LogP contribution in [0.2, 0.25) is 0 Å². The van der Waals surface area contributed by atoms with Crippen molar-refractivity contribution in [3.8, 4) is 0 Å². The van der Waals surface area contributed by atoms with Crippen LogP contribution in [0.1, 0.15) is 48.2 Å². The largest absolute Gasteiger partial charge is 0.391 e. The topological polar surface area (TPSA) is 173 Å². The summed E-state index contributed by atoms with van der Waals surface area (Å²) in [5.74, 6) is -2.37. The smallest absolute Gasteiger partial charge is 0.254 e. The number of aliphatic hydroxyl groups excluding tert-OH is 1. The summed E-state index contributed by atoms with van der Waals surface area (Å²) in [5, 5.41) is 21.5. The summed E-state index contributed by atoms with van der Waals surface area (Å²) >= 11 is 0. The molecule has 49 heavy (non-hydrogen) atoms. The van der Waals surface area contributed by atoms with E-state index >= 15 is 0 Å². The average Bonchev–Trinajstić information content (AvgIpc) is 3.53. The normalized spacial score (nSPS) is 13.4. The van der Waals surface area contributed by atoms with Crippen LogP contribution in [0.3, 0.4) is 0 Å². The Morgan fingerprint density at radius 2 is 1.43 bits per heavy atom. The first kappa shape index (κ1) is 36.3. The second-order valence-electron chi connectivity index (χ2n) is 12.1. The standard InChI is InChI=1S/C37H44N6O6/c1-24(44)33(40-25(2)45)36(48)38-20-12-19-31(41-34(46)29-22-39-30-18-11-10-17-28(29)30)35(47)42-32(21-26-13-6-4-7-14-26)37(49)43(3)23-27-15-8-5-9-16-27/h4-11,13-18,22,24,31-33,39,44H,12,19-21,23H2,1-3H3,(H,38,48)(H,40,45)(H,41,46)(H,42,47)/t24-,31+,32+,33+/m1/s1. The summed E-state index contributed by atoms with van der Waals surface area (Å²) < 4.78 is 0. The van der Waals surface area contributed by atoms with Crippen LogP contribution in [0.25, 0.3) is 10.9 Å². The molecule has 4 aromatic rings. The zero-order valence-electron chi connectivity index (χ0n) is 27.9. The molecule has 0 bridgehead atoms. The van der Waals surface area contributed by atoms with Crippen molar-refractivity contribution in [3.63, 3.8) is 0 Å². The number of benzene rings is 3. The third kappa shape index (κ3) is 10.5. The Morgan fingerprint density at radius 1 is 0.796 bits per heavy atom. The predicted molar refractivity (Wildman–Crippen MR) is 186 cm³/mol. The quantitative estimate of drug-likeness (QED) is 0.100. The first-order valence-corrected chi connectivity index (χ1v) is 16.3. The van der Waals surface area contributed by atoms with Crippen LogP contribution in [-0.2, 0) is 32.1 Å². The van der Waals surface area contributed by atoms with E-state index in [9.17, 15) is 29.1 Å². The van der Waals surface area contributed by atoms with Gasteiger partial charge in [0.15, 0.2) is 0 Å². The van der Waals surface area contributed by atoms with Crippen LogP contribution >= 0.6 is 0 Å². The molecule has 0 saturated carbocycles. The van der Waals surface area contributed by atoms with E-state index in [1.807, 2.05) is 78.9 Å². The van der Waals surface area contributed by atoms with Gasteiger partial charge in [-0.3, -0.25) is 24.0 Å². The second-order valence-corrected chi connectivity index (χ2v) is 12.1.